The zero-order valence-electron chi connectivity index (χ0n) is 13.1. The fourth-order valence-corrected chi connectivity index (χ4v) is 3.09. The summed E-state index contributed by atoms with van der Waals surface area (Å²) in [6, 6.07) is 5.63. The number of hydrogen-bond acceptors (Lipinski definition) is 4. The Morgan fingerprint density at radius 2 is 2.27 bits per heavy atom. The number of fused-ring (bicyclic) bond motifs is 1. The molecule has 2 unspecified atom stereocenters. The SMILES string of the molecule is COc1cccc2c(C)c(C(=O)N3CCC(C(C)O)C3)oc12. The first-order valence-corrected chi connectivity index (χ1v) is 7.56. The van der Waals surface area contributed by atoms with Crippen molar-refractivity contribution in [3.63, 3.8) is 0 Å². The van der Waals surface area contributed by atoms with Crippen LogP contribution in [0.2, 0.25) is 0 Å². The fraction of sp³-hybridized carbons (Fsp3) is 0.471. The molecule has 1 N–H and O–H groups in total. The van der Waals surface area contributed by atoms with Crippen molar-refractivity contribution in [2.24, 2.45) is 5.92 Å². The maximum absolute atomic E-state index is 12.7. The number of furan rings is 1. The molecule has 0 spiro atoms. The lowest BCUT2D eigenvalue weighted by atomic mass is 10.0. The van der Waals surface area contributed by atoms with Gasteiger partial charge in [0.15, 0.2) is 17.1 Å². The number of nitrogens with zero attached hydrogens (tertiary/aromatic N) is 1. The van der Waals surface area contributed by atoms with E-state index in [9.17, 15) is 9.90 Å². The van der Waals surface area contributed by atoms with Crippen LogP contribution in [0.3, 0.4) is 0 Å². The van der Waals surface area contributed by atoms with Crippen LogP contribution < -0.4 is 4.74 Å². The van der Waals surface area contributed by atoms with Crippen LogP contribution in [0.1, 0.15) is 29.5 Å². The molecule has 2 atom stereocenters. The molecule has 1 fully saturated rings. The van der Waals surface area contributed by atoms with Gasteiger partial charge in [0.25, 0.3) is 5.91 Å². The van der Waals surface area contributed by atoms with Crippen LogP contribution in [0.4, 0.5) is 0 Å². The monoisotopic (exact) mass is 303 g/mol. The van der Waals surface area contributed by atoms with Crippen LogP contribution in [0.25, 0.3) is 11.0 Å². The number of para-hydroxylation sites is 1. The molecule has 0 saturated carbocycles. The van der Waals surface area contributed by atoms with E-state index in [1.807, 2.05) is 25.1 Å². The lowest BCUT2D eigenvalue weighted by Gasteiger charge is -2.16. The van der Waals surface area contributed by atoms with Gasteiger partial charge in [-0.25, -0.2) is 0 Å². The van der Waals surface area contributed by atoms with Crippen LogP contribution in [0, 0.1) is 12.8 Å². The van der Waals surface area contributed by atoms with E-state index >= 15 is 0 Å². The highest BCUT2D eigenvalue weighted by molar-refractivity contribution is 6.00. The number of benzene rings is 1. The van der Waals surface area contributed by atoms with E-state index < -0.39 is 6.10 Å². The minimum Gasteiger partial charge on any atom is -0.493 e. The van der Waals surface area contributed by atoms with E-state index in [2.05, 4.69) is 0 Å². The van der Waals surface area contributed by atoms with Gasteiger partial charge in [0.2, 0.25) is 0 Å². The number of carbonyl (C=O) groups is 1. The number of carbonyl (C=O) groups excluding carboxylic acids is 1. The van der Waals surface area contributed by atoms with Gasteiger partial charge in [-0.2, -0.15) is 0 Å². The number of aryl methyl sites for hydroxylation is 1. The molecule has 22 heavy (non-hydrogen) atoms. The number of aliphatic hydroxyl groups excluding tert-OH is 1. The summed E-state index contributed by atoms with van der Waals surface area (Å²) in [6.07, 6.45) is 0.432. The van der Waals surface area contributed by atoms with E-state index in [0.717, 1.165) is 17.4 Å². The van der Waals surface area contributed by atoms with Crippen LogP contribution in [0.5, 0.6) is 5.75 Å². The van der Waals surface area contributed by atoms with Crippen molar-refractivity contribution in [1.82, 2.24) is 4.90 Å². The van der Waals surface area contributed by atoms with Crippen LogP contribution in [-0.2, 0) is 0 Å². The molecule has 5 heteroatoms. The molecular weight excluding hydrogens is 282 g/mol. The molecule has 3 rings (SSSR count). The van der Waals surface area contributed by atoms with Crippen LogP contribution in [-0.4, -0.2) is 42.2 Å². The van der Waals surface area contributed by atoms with Gasteiger partial charge in [-0.3, -0.25) is 4.79 Å². The summed E-state index contributed by atoms with van der Waals surface area (Å²) < 4.78 is 11.1. The molecule has 0 bridgehead atoms. The van der Waals surface area contributed by atoms with Crippen molar-refractivity contribution in [1.29, 1.82) is 0 Å². The Labute approximate surface area is 129 Å². The number of aliphatic hydroxyl groups is 1. The van der Waals surface area contributed by atoms with E-state index in [0.29, 0.717) is 30.2 Å². The molecular formula is C17H21NO4. The summed E-state index contributed by atoms with van der Waals surface area (Å²) in [5.74, 6) is 1.02. The van der Waals surface area contributed by atoms with Crippen LogP contribution in [0.15, 0.2) is 22.6 Å². The average Bonchev–Trinajstić information content (AvgIpc) is 3.12. The molecule has 1 amide bonds. The molecule has 1 saturated heterocycles. The van der Waals surface area contributed by atoms with Crippen molar-refractivity contribution < 1.29 is 19.1 Å². The number of likely N-dealkylation sites (tertiary alicyclic amines) is 1. The Bertz CT molecular complexity index is 704. The van der Waals surface area contributed by atoms with Gasteiger partial charge >= 0.3 is 0 Å². The van der Waals surface area contributed by atoms with Gasteiger partial charge in [0.1, 0.15) is 0 Å². The maximum atomic E-state index is 12.7. The van der Waals surface area contributed by atoms with E-state index in [-0.39, 0.29) is 11.8 Å². The van der Waals surface area contributed by atoms with Gasteiger partial charge in [-0.1, -0.05) is 12.1 Å². The molecule has 1 aliphatic heterocycles. The number of rotatable bonds is 3. The lowest BCUT2D eigenvalue weighted by molar-refractivity contribution is 0.0733. The zero-order chi connectivity index (χ0) is 15.9. The Hall–Kier alpha value is -2.01. The Balaban J connectivity index is 1.94. The summed E-state index contributed by atoms with van der Waals surface area (Å²) in [5, 5.41) is 10.6. The van der Waals surface area contributed by atoms with Gasteiger partial charge in [0, 0.05) is 30.0 Å². The highest BCUT2D eigenvalue weighted by atomic mass is 16.5. The summed E-state index contributed by atoms with van der Waals surface area (Å²) in [6.45, 7) is 4.89. The predicted octanol–water partition coefficient (Wildman–Crippen LogP) is 2.59. The first kappa shape index (κ1) is 14.9. The summed E-state index contributed by atoms with van der Waals surface area (Å²) in [5.41, 5.74) is 1.44. The summed E-state index contributed by atoms with van der Waals surface area (Å²) in [4.78, 5) is 14.5. The quantitative estimate of drug-likeness (QED) is 0.946. The molecule has 0 radical (unpaired) electrons. The summed E-state index contributed by atoms with van der Waals surface area (Å²) >= 11 is 0. The van der Waals surface area contributed by atoms with Gasteiger partial charge in [0.05, 0.1) is 13.2 Å². The number of amides is 1. The highest BCUT2D eigenvalue weighted by Crippen LogP contribution is 2.33. The summed E-state index contributed by atoms with van der Waals surface area (Å²) in [7, 11) is 1.59. The van der Waals surface area contributed by atoms with Crippen LogP contribution >= 0.6 is 0 Å². The molecule has 5 nitrogen and oxygen atoms in total. The second kappa shape index (κ2) is 5.65. The predicted molar refractivity (Wildman–Crippen MR) is 83.2 cm³/mol. The second-order valence-corrected chi connectivity index (χ2v) is 5.93. The normalized spacial score (nSPS) is 19.6. The van der Waals surface area contributed by atoms with Crippen molar-refractivity contribution in [3.05, 3.63) is 29.5 Å². The van der Waals surface area contributed by atoms with Gasteiger partial charge < -0.3 is 19.2 Å². The van der Waals surface area contributed by atoms with Gasteiger partial charge in [-0.15, -0.1) is 0 Å². The molecule has 1 aliphatic rings. The van der Waals surface area contributed by atoms with Gasteiger partial charge in [-0.05, 0) is 26.3 Å². The fourth-order valence-electron chi connectivity index (χ4n) is 3.09. The number of methoxy groups -OCH3 is 1. The maximum Gasteiger partial charge on any atom is 0.289 e. The van der Waals surface area contributed by atoms with E-state index in [1.54, 1.807) is 18.9 Å². The molecule has 1 aromatic heterocycles. The molecule has 1 aromatic carbocycles. The standard InChI is InChI=1S/C17H21NO4/c1-10-13-5-4-6-14(21-3)16(13)22-15(10)17(20)18-8-7-12(9-18)11(2)19/h4-6,11-12,19H,7-9H2,1-3H3. The molecule has 0 aliphatic carbocycles. The van der Waals surface area contributed by atoms with E-state index in [1.165, 1.54) is 0 Å². The van der Waals surface area contributed by atoms with Crippen molar-refractivity contribution in [2.45, 2.75) is 26.4 Å². The highest BCUT2D eigenvalue weighted by Gasteiger charge is 2.32. The smallest absolute Gasteiger partial charge is 0.289 e. The first-order chi connectivity index (χ1) is 10.5. The molecule has 2 aromatic rings. The second-order valence-electron chi connectivity index (χ2n) is 5.93. The first-order valence-electron chi connectivity index (χ1n) is 7.56. The minimum atomic E-state index is -0.394. The Kier molecular flexibility index (Phi) is 3.83. The molecule has 2 heterocycles. The van der Waals surface area contributed by atoms with Crippen molar-refractivity contribution >= 4 is 16.9 Å². The third-order valence-electron chi connectivity index (χ3n) is 4.54. The average molecular weight is 303 g/mol. The molecule has 118 valence electrons. The van der Waals surface area contributed by atoms with Crippen molar-refractivity contribution in [2.75, 3.05) is 20.2 Å². The van der Waals surface area contributed by atoms with Crippen molar-refractivity contribution in [3.8, 4) is 5.75 Å². The third-order valence-corrected chi connectivity index (χ3v) is 4.54. The van der Waals surface area contributed by atoms with E-state index in [4.69, 9.17) is 9.15 Å². The lowest BCUT2D eigenvalue weighted by Crippen LogP contribution is -2.30. The minimum absolute atomic E-state index is 0.112. The largest absolute Gasteiger partial charge is 0.493 e. The Morgan fingerprint density at radius 1 is 1.50 bits per heavy atom. The Morgan fingerprint density at radius 3 is 2.91 bits per heavy atom. The topological polar surface area (TPSA) is 62.9 Å². The zero-order valence-corrected chi connectivity index (χ0v) is 13.1. The number of hydrogen-bond donors (Lipinski definition) is 1. The number of ether oxygens (including phenoxy) is 1. The third kappa shape index (κ3) is 2.35.